The van der Waals surface area contributed by atoms with Crippen molar-refractivity contribution < 1.29 is 95.1 Å². The molecule has 0 bridgehead atoms. The Bertz CT molecular complexity index is 2460. The summed E-state index contributed by atoms with van der Waals surface area (Å²) in [7, 11) is 7.63. The van der Waals surface area contributed by atoms with E-state index in [4.69, 9.17) is 112 Å². The number of aliphatic imine (C=N–C) groups is 2. The maximum absolute atomic E-state index is 7.33. The summed E-state index contributed by atoms with van der Waals surface area (Å²) in [5.41, 5.74) is 19.7. The van der Waals surface area contributed by atoms with E-state index in [0.717, 1.165) is 83.5 Å². The SMILES string of the molecule is CO.COCCBr.COCCOCCOCCOCCOCCOCCN=C(N)N1CCc2ccccc2C1.COCCOCCOCCOCCOCCOCCN=C(NCCOCCOCCOCCOCCOCCOC)N1CCc2ccccc2C1.N=C(N)N1CCc2ccccc2C1. The average Bonchev–Trinajstić information content (AvgIpc) is 0.852. The Labute approximate surface area is 622 Å². The van der Waals surface area contributed by atoms with Crippen LogP contribution in [0.5, 0.6) is 0 Å². The molecule has 0 aromatic heterocycles. The van der Waals surface area contributed by atoms with Crippen LogP contribution in [0.3, 0.4) is 0 Å². The van der Waals surface area contributed by atoms with Gasteiger partial charge in [-0.05, 0) is 52.6 Å². The molecule has 6 rings (SSSR count). The fraction of sp³-hybridized carbons (Fsp3) is 0.712. The molecule has 3 heterocycles. The zero-order valence-corrected chi connectivity index (χ0v) is 64.2. The number of nitrogens with zero attached hydrogens (tertiary/aromatic N) is 5. The number of benzene rings is 3. The lowest BCUT2D eigenvalue weighted by Crippen LogP contribution is -2.45. The van der Waals surface area contributed by atoms with Gasteiger partial charge in [-0.1, -0.05) is 88.7 Å². The number of nitrogens with two attached hydrogens (primary N) is 2. The van der Waals surface area contributed by atoms with E-state index in [1.54, 1.807) is 28.4 Å². The van der Waals surface area contributed by atoms with Crippen LogP contribution in [0.4, 0.5) is 0 Å². The second kappa shape index (κ2) is 71.4. The van der Waals surface area contributed by atoms with Gasteiger partial charge in [0.2, 0.25) is 0 Å². The molecule has 3 aliphatic heterocycles. The van der Waals surface area contributed by atoms with Gasteiger partial charge >= 0.3 is 0 Å². The van der Waals surface area contributed by atoms with Crippen molar-refractivity contribution in [3.8, 4) is 0 Å². The molecule has 0 fully saturated rings. The molecule has 0 saturated carbocycles. The van der Waals surface area contributed by atoms with Crippen LogP contribution in [-0.2, 0) is 129 Å². The minimum atomic E-state index is 0.175. The highest BCUT2D eigenvalue weighted by atomic mass is 79.9. The zero-order valence-electron chi connectivity index (χ0n) is 62.6. The summed E-state index contributed by atoms with van der Waals surface area (Å²) in [6.07, 6.45) is 2.98. The largest absolute Gasteiger partial charge is 0.400 e. The van der Waals surface area contributed by atoms with Gasteiger partial charge in [0.05, 0.1) is 238 Å². The Morgan fingerprint density at radius 1 is 0.359 bits per heavy atom. The summed E-state index contributed by atoms with van der Waals surface area (Å²) >= 11 is 3.18. The van der Waals surface area contributed by atoms with E-state index in [1.165, 1.54) is 33.4 Å². The Morgan fingerprint density at radius 2 is 0.612 bits per heavy atom. The van der Waals surface area contributed by atoms with E-state index in [0.29, 0.717) is 244 Å². The molecule has 0 radical (unpaired) electrons. The summed E-state index contributed by atoms with van der Waals surface area (Å²) in [4.78, 5) is 15.6. The molecular weight excluding hydrogens is 1400 g/mol. The van der Waals surface area contributed by atoms with Crippen LogP contribution in [0, 0.1) is 5.41 Å². The first-order valence-electron chi connectivity index (χ1n) is 35.8. The number of halogens is 1. The number of methoxy groups -OCH3 is 4. The molecule has 3 aromatic carbocycles. The first kappa shape index (κ1) is 94.2. The quantitative estimate of drug-likeness (QED) is 0.0230. The van der Waals surface area contributed by atoms with Gasteiger partial charge in [0.25, 0.3) is 0 Å². The number of alkyl halides is 1. The molecule has 29 nitrogen and oxygen atoms in total. The van der Waals surface area contributed by atoms with E-state index in [9.17, 15) is 0 Å². The molecule has 0 amide bonds. The van der Waals surface area contributed by atoms with Crippen molar-refractivity contribution in [3.05, 3.63) is 106 Å². The highest BCUT2D eigenvalue weighted by Gasteiger charge is 2.20. The molecule has 0 unspecified atom stereocenters. The number of guanidine groups is 3. The normalized spacial score (nSPS) is 13.3. The summed E-state index contributed by atoms with van der Waals surface area (Å²) < 4.78 is 102. The number of nitrogens with one attached hydrogen (secondary N) is 2. The molecule has 30 heteroatoms. The molecule has 3 aliphatic rings. The summed E-state index contributed by atoms with van der Waals surface area (Å²) in [6.45, 7) is 25.5. The maximum atomic E-state index is 7.33. The van der Waals surface area contributed by atoms with Crippen LogP contribution in [0.15, 0.2) is 82.8 Å². The molecule has 0 spiro atoms. The van der Waals surface area contributed by atoms with Crippen molar-refractivity contribution in [3.63, 3.8) is 0 Å². The zero-order chi connectivity index (χ0) is 74.2. The number of ether oxygens (including phenoxy) is 19. The number of fused-ring (bicyclic) bond motifs is 3. The van der Waals surface area contributed by atoms with Crippen molar-refractivity contribution >= 4 is 33.8 Å². The van der Waals surface area contributed by atoms with Gasteiger partial charge in [-0.2, -0.15) is 0 Å². The number of aliphatic hydroxyl groups is 1. The minimum Gasteiger partial charge on any atom is -0.400 e. The van der Waals surface area contributed by atoms with Crippen molar-refractivity contribution in [1.29, 1.82) is 5.41 Å². The van der Waals surface area contributed by atoms with Crippen molar-refractivity contribution in [1.82, 2.24) is 20.0 Å². The van der Waals surface area contributed by atoms with Gasteiger partial charge in [0.1, 0.15) is 0 Å². The monoisotopic (exact) mass is 1530 g/mol. The molecule has 0 saturated heterocycles. The second-order valence-corrected chi connectivity index (χ2v) is 23.2. The van der Waals surface area contributed by atoms with Crippen molar-refractivity contribution in [2.75, 3.05) is 305 Å². The highest BCUT2D eigenvalue weighted by Crippen LogP contribution is 2.20. The second-order valence-electron chi connectivity index (χ2n) is 22.4. The molecule has 0 atom stereocenters. The average molecular weight is 1530 g/mol. The molecule has 3 aromatic rings. The lowest BCUT2D eigenvalue weighted by Gasteiger charge is -2.32. The standard InChI is InChI=1S/C36H65N3O12.C23H39N3O6.C10H13N3.C3H7BrO.CH4O/c1-40-13-15-44-21-23-48-29-31-50-27-25-46-19-17-42-11-8-37-36(39-10-7-34-5-3-4-6-35(34)33-39)38-9-12-43-18-20-47-26-28-51-32-30-49-24-22-45-16-14-41-2;1-27-10-11-29-14-15-31-18-19-32-17-16-30-13-12-28-9-7-25-23(24)26-8-6-21-4-2-3-5-22(21)20-26;11-10(12)13-6-5-8-3-1-2-4-9(8)7-13;1-5-3-2-4;1-2/h3-6H,7-33H2,1-2H3,(H,37,38);2-5H,6-20H2,1H3,(H2,24,25);1-4H,5-7H2,(H3,11,12);2-3H2,1H3;2H,1H3. The summed E-state index contributed by atoms with van der Waals surface area (Å²) in [5, 5.41) is 18.7. The van der Waals surface area contributed by atoms with Crippen LogP contribution in [-0.4, -0.2) is 342 Å². The molecule has 592 valence electrons. The van der Waals surface area contributed by atoms with Crippen LogP contribution in [0.1, 0.15) is 33.4 Å². The van der Waals surface area contributed by atoms with Gasteiger partial charge in [-0.25, -0.2) is 0 Å². The molecule has 7 N–H and O–H groups in total. The lowest BCUT2D eigenvalue weighted by molar-refractivity contribution is -0.0144. The molecular formula is C73H128BrN9O20. The third kappa shape index (κ3) is 52.7. The van der Waals surface area contributed by atoms with Gasteiger partial charge in [0.15, 0.2) is 17.9 Å². The molecule has 0 aliphatic carbocycles. The number of rotatable bonds is 56. The first-order chi connectivity index (χ1) is 50.8. The van der Waals surface area contributed by atoms with Gasteiger partial charge < -0.3 is 127 Å². The summed E-state index contributed by atoms with van der Waals surface area (Å²) in [6, 6.07) is 25.4. The predicted molar refractivity (Wildman–Crippen MR) is 402 cm³/mol. The fourth-order valence-electron chi connectivity index (χ4n) is 9.56. The van der Waals surface area contributed by atoms with Crippen LogP contribution >= 0.6 is 15.9 Å². The Balaban J connectivity index is 0.000000579. The Hall–Kier alpha value is -4.85. The Kier molecular flexibility index (Phi) is 65.3. The van der Waals surface area contributed by atoms with Crippen molar-refractivity contribution in [2.45, 2.75) is 38.9 Å². The molecule has 103 heavy (non-hydrogen) atoms. The third-order valence-corrected chi connectivity index (χ3v) is 15.3. The highest BCUT2D eigenvalue weighted by molar-refractivity contribution is 9.09. The Morgan fingerprint density at radius 3 is 0.913 bits per heavy atom. The van der Waals surface area contributed by atoms with Crippen LogP contribution in [0.2, 0.25) is 0 Å². The van der Waals surface area contributed by atoms with Crippen LogP contribution in [0.25, 0.3) is 0 Å². The van der Waals surface area contributed by atoms with E-state index >= 15 is 0 Å². The predicted octanol–water partition coefficient (Wildman–Crippen LogP) is 4.11. The fourth-order valence-corrected chi connectivity index (χ4v) is 9.89. The van der Waals surface area contributed by atoms with E-state index < -0.39 is 0 Å². The van der Waals surface area contributed by atoms with E-state index in [-0.39, 0.29) is 5.96 Å². The van der Waals surface area contributed by atoms with Crippen molar-refractivity contribution in [2.24, 2.45) is 21.5 Å². The lowest BCUT2D eigenvalue weighted by atomic mass is 10.0. The van der Waals surface area contributed by atoms with Gasteiger partial charge in [-0.3, -0.25) is 15.4 Å². The number of hydrogen-bond donors (Lipinski definition) is 5. The third-order valence-electron chi connectivity index (χ3n) is 14.9. The maximum Gasteiger partial charge on any atom is 0.194 e. The van der Waals surface area contributed by atoms with Gasteiger partial charge in [0, 0.05) is 86.7 Å². The number of aliphatic hydroxyl groups excluding tert-OH is 1. The van der Waals surface area contributed by atoms with E-state index in [1.807, 2.05) is 11.0 Å². The van der Waals surface area contributed by atoms with E-state index in [2.05, 4.69) is 108 Å². The number of hydrogen-bond acceptors (Lipinski definition) is 23. The minimum absolute atomic E-state index is 0.175. The smallest absolute Gasteiger partial charge is 0.194 e. The van der Waals surface area contributed by atoms with Gasteiger partial charge in [-0.15, -0.1) is 0 Å². The topological polar surface area (TPSA) is 318 Å². The van der Waals surface area contributed by atoms with Crippen LogP contribution < -0.4 is 16.8 Å². The summed E-state index contributed by atoms with van der Waals surface area (Å²) in [5.74, 6) is 1.62. The first-order valence-corrected chi connectivity index (χ1v) is 37.0.